The lowest BCUT2D eigenvalue weighted by Crippen LogP contribution is -2.57. The van der Waals surface area contributed by atoms with Gasteiger partial charge in [0.15, 0.2) is 0 Å². The van der Waals surface area contributed by atoms with E-state index in [2.05, 4.69) is 10.6 Å². The first-order valence-corrected chi connectivity index (χ1v) is 15.3. The van der Waals surface area contributed by atoms with Gasteiger partial charge in [-0.15, -0.1) is 0 Å². The fourth-order valence-electron chi connectivity index (χ4n) is 7.98. The Morgan fingerprint density at radius 1 is 1.05 bits per heavy atom. The van der Waals surface area contributed by atoms with Gasteiger partial charge in [0.25, 0.3) is 0 Å². The number of ether oxygens (including phenoxy) is 2. The zero-order valence-corrected chi connectivity index (χ0v) is 24.4. The lowest BCUT2D eigenvalue weighted by Gasteiger charge is -2.38. The highest BCUT2D eigenvalue weighted by molar-refractivity contribution is 6.02. The maximum Gasteiger partial charge on any atom is 0.246 e. The maximum absolute atomic E-state index is 14.5. The first-order chi connectivity index (χ1) is 20.3. The van der Waals surface area contributed by atoms with Crippen LogP contribution in [0.25, 0.3) is 0 Å². The highest BCUT2D eigenvalue weighted by Gasteiger charge is 2.78. The first kappa shape index (κ1) is 28.7. The van der Waals surface area contributed by atoms with E-state index in [4.69, 9.17) is 9.47 Å². The average molecular weight is 576 g/mol. The molecule has 6 atom stereocenters. The summed E-state index contributed by atoms with van der Waals surface area (Å²) >= 11 is 0. The minimum absolute atomic E-state index is 0.0379. The summed E-state index contributed by atoms with van der Waals surface area (Å²) in [6.45, 7) is 3.98. The molecule has 0 radical (unpaired) electrons. The molecular weight excluding hydrogens is 534 g/mol. The zero-order valence-electron chi connectivity index (χ0n) is 24.4. The molecule has 4 aliphatic rings. The van der Waals surface area contributed by atoms with Gasteiger partial charge in [0.05, 0.1) is 36.7 Å². The van der Waals surface area contributed by atoms with Crippen LogP contribution in [0.3, 0.4) is 0 Å². The highest BCUT2D eigenvalue weighted by atomic mass is 16.5. The van der Waals surface area contributed by atoms with Crippen LogP contribution in [-0.4, -0.2) is 64.2 Å². The van der Waals surface area contributed by atoms with Crippen molar-refractivity contribution in [1.29, 1.82) is 0 Å². The second-order valence-electron chi connectivity index (χ2n) is 12.4. The van der Waals surface area contributed by atoms with E-state index < -0.39 is 35.1 Å². The predicted molar refractivity (Wildman–Crippen MR) is 157 cm³/mol. The lowest BCUT2D eigenvalue weighted by molar-refractivity contribution is -0.149. The number of carbonyl (C=O) groups is 3. The molecule has 2 bridgehead atoms. The summed E-state index contributed by atoms with van der Waals surface area (Å²) in [7, 11) is 0. The quantitative estimate of drug-likeness (QED) is 0.417. The molecule has 9 heteroatoms. The SMILES string of the molecule is CCOc1ccc(NC(=O)[C@H]2[C@H]3C(=O)N([C@H](CO)c4ccccc4)C(C(=O)NC4CCCCC4)C34CC[C@]2(C)O4)cc1. The Balaban J connectivity index is 1.35. The van der Waals surface area contributed by atoms with Crippen molar-refractivity contribution in [2.75, 3.05) is 18.5 Å². The molecule has 3 saturated heterocycles. The van der Waals surface area contributed by atoms with Gasteiger partial charge in [0.2, 0.25) is 17.7 Å². The molecule has 2 aromatic carbocycles. The minimum atomic E-state index is -1.16. The summed E-state index contributed by atoms with van der Waals surface area (Å²) < 4.78 is 12.3. The Bertz CT molecular complexity index is 1310. The van der Waals surface area contributed by atoms with Crippen LogP contribution >= 0.6 is 0 Å². The van der Waals surface area contributed by atoms with Gasteiger partial charge in [-0.2, -0.15) is 0 Å². The number of aliphatic hydroxyl groups excluding tert-OH is 1. The second kappa shape index (κ2) is 11.3. The van der Waals surface area contributed by atoms with Crippen molar-refractivity contribution in [2.45, 2.75) is 88.1 Å². The third-order valence-corrected chi connectivity index (χ3v) is 9.82. The van der Waals surface area contributed by atoms with E-state index in [1.807, 2.05) is 44.2 Å². The monoisotopic (exact) mass is 575 g/mol. The van der Waals surface area contributed by atoms with Gasteiger partial charge in [-0.3, -0.25) is 14.4 Å². The van der Waals surface area contributed by atoms with E-state index in [1.54, 1.807) is 24.3 Å². The van der Waals surface area contributed by atoms with Crippen LogP contribution in [0.2, 0.25) is 0 Å². The number of nitrogens with zero attached hydrogens (tertiary/aromatic N) is 1. The van der Waals surface area contributed by atoms with E-state index in [9.17, 15) is 19.5 Å². The molecule has 2 aromatic rings. The summed E-state index contributed by atoms with van der Waals surface area (Å²) in [6, 6.07) is 14.7. The van der Waals surface area contributed by atoms with Gasteiger partial charge in [-0.25, -0.2) is 0 Å². The molecule has 2 unspecified atom stereocenters. The summed E-state index contributed by atoms with van der Waals surface area (Å²) in [5.74, 6) is -1.83. The Morgan fingerprint density at radius 3 is 2.43 bits per heavy atom. The molecule has 224 valence electrons. The fourth-order valence-corrected chi connectivity index (χ4v) is 7.98. The Kier molecular flexibility index (Phi) is 7.74. The fraction of sp³-hybridized carbons (Fsp3) is 0.545. The van der Waals surface area contributed by atoms with Crippen molar-refractivity contribution in [3.8, 4) is 5.75 Å². The van der Waals surface area contributed by atoms with Crippen LogP contribution in [0.1, 0.15) is 70.4 Å². The largest absolute Gasteiger partial charge is 0.494 e. The molecule has 1 spiro atoms. The number of nitrogens with one attached hydrogen (secondary N) is 2. The molecule has 42 heavy (non-hydrogen) atoms. The lowest BCUT2D eigenvalue weighted by atomic mass is 9.66. The van der Waals surface area contributed by atoms with Crippen LogP contribution in [0.4, 0.5) is 5.69 Å². The third kappa shape index (κ3) is 4.76. The van der Waals surface area contributed by atoms with Crippen LogP contribution in [0.5, 0.6) is 5.75 Å². The maximum atomic E-state index is 14.5. The van der Waals surface area contributed by atoms with E-state index in [-0.39, 0.29) is 30.4 Å². The van der Waals surface area contributed by atoms with Gasteiger partial charge >= 0.3 is 0 Å². The van der Waals surface area contributed by atoms with E-state index in [0.29, 0.717) is 30.9 Å². The van der Waals surface area contributed by atoms with Gasteiger partial charge < -0.3 is 30.1 Å². The number of hydrogen-bond acceptors (Lipinski definition) is 6. The molecule has 4 fully saturated rings. The van der Waals surface area contributed by atoms with Gasteiger partial charge in [-0.05, 0) is 69.4 Å². The number of anilines is 1. The minimum Gasteiger partial charge on any atom is -0.494 e. The van der Waals surface area contributed by atoms with Gasteiger partial charge in [-0.1, -0.05) is 49.6 Å². The molecule has 3 amide bonds. The van der Waals surface area contributed by atoms with Crippen molar-refractivity contribution >= 4 is 23.4 Å². The van der Waals surface area contributed by atoms with Crippen molar-refractivity contribution < 1.29 is 29.0 Å². The van der Waals surface area contributed by atoms with Crippen molar-refractivity contribution in [2.24, 2.45) is 11.8 Å². The summed E-state index contributed by atoms with van der Waals surface area (Å²) in [5, 5.41) is 16.9. The molecule has 3 heterocycles. The topological polar surface area (TPSA) is 117 Å². The molecule has 9 nitrogen and oxygen atoms in total. The molecule has 0 aromatic heterocycles. The van der Waals surface area contributed by atoms with Crippen molar-refractivity contribution in [3.63, 3.8) is 0 Å². The van der Waals surface area contributed by atoms with Crippen LogP contribution < -0.4 is 15.4 Å². The number of fused-ring (bicyclic) bond motifs is 1. The number of carbonyl (C=O) groups excluding carboxylic acids is 3. The number of likely N-dealkylation sites (tertiary alicyclic amines) is 1. The molecular formula is C33H41N3O6. The van der Waals surface area contributed by atoms with Crippen LogP contribution in [0.15, 0.2) is 54.6 Å². The summed E-state index contributed by atoms with van der Waals surface area (Å²) in [6.07, 6.45) is 6.09. The van der Waals surface area contributed by atoms with Gasteiger partial charge in [0.1, 0.15) is 17.4 Å². The predicted octanol–water partition coefficient (Wildman–Crippen LogP) is 3.97. The molecule has 3 aliphatic heterocycles. The number of rotatable bonds is 9. The number of aliphatic hydroxyl groups is 1. The first-order valence-electron chi connectivity index (χ1n) is 15.3. The highest BCUT2D eigenvalue weighted by Crippen LogP contribution is 2.64. The number of hydrogen-bond donors (Lipinski definition) is 3. The summed E-state index contributed by atoms with van der Waals surface area (Å²) in [5.41, 5.74) is -0.730. The number of amides is 3. The third-order valence-electron chi connectivity index (χ3n) is 9.82. The average Bonchev–Trinajstić information content (AvgIpc) is 3.56. The smallest absolute Gasteiger partial charge is 0.246 e. The van der Waals surface area contributed by atoms with E-state index in [1.165, 1.54) is 4.90 Å². The molecule has 1 aliphatic carbocycles. The molecule has 1 saturated carbocycles. The Hall–Kier alpha value is -3.43. The summed E-state index contributed by atoms with van der Waals surface area (Å²) in [4.78, 5) is 44.3. The van der Waals surface area contributed by atoms with Crippen LogP contribution in [-0.2, 0) is 19.1 Å². The Labute approximate surface area is 246 Å². The van der Waals surface area contributed by atoms with Gasteiger partial charge in [0, 0.05) is 11.7 Å². The van der Waals surface area contributed by atoms with Crippen molar-refractivity contribution in [1.82, 2.24) is 10.2 Å². The Morgan fingerprint density at radius 2 is 1.76 bits per heavy atom. The molecule has 6 rings (SSSR count). The standard InChI is InChI=1S/C33H41N3O6/c1-3-41-24-16-14-23(15-17-24)34-29(38)26-27-31(40)36(25(20-37)21-10-6-4-7-11-21)28(33(27)19-18-32(26,2)42-33)30(39)35-22-12-8-5-9-13-22/h4,6-7,10-11,14-17,22,25-28,37H,3,5,8-9,12-13,18-20H2,1-2H3,(H,34,38)(H,35,39)/t25-,26-,27+,28?,32+,33?/m1/s1. The number of benzene rings is 2. The zero-order chi connectivity index (χ0) is 29.5. The van der Waals surface area contributed by atoms with E-state index in [0.717, 1.165) is 37.7 Å². The normalized spacial score (nSPS) is 31.1. The molecule has 3 N–H and O–H groups in total. The van der Waals surface area contributed by atoms with Crippen LogP contribution in [0, 0.1) is 11.8 Å². The second-order valence-corrected chi connectivity index (χ2v) is 12.4. The van der Waals surface area contributed by atoms with E-state index >= 15 is 0 Å². The van der Waals surface area contributed by atoms with Crippen molar-refractivity contribution in [3.05, 3.63) is 60.2 Å².